The first-order valence-corrected chi connectivity index (χ1v) is 7.08. The number of carbonyl (C=O) groups is 1. The molecule has 0 aromatic carbocycles. The predicted octanol–water partition coefficient (Wildman–Crippen LogP) is 3.19. The molecule has 102 valence electrons. The minimum Gasteiger partial charge on any atom is -0.460 e. The summed E-state index contributed by atoms with van der Waals surface area (Å²) in [6, 6.07) is 2.19. The van der Waals surface area contributed by atoms with Crippen LogP contribution in [0.1, 0.15) is 42.5 Å². The molecule has 3 nitrogen and oxygen atoms in total. The fourth-order valence-corrected chi connectivity index (χ4v) is 2.55. The monoisotopic (exact) mass is 269 g/mol. The molecule has 4 heteroatoms. The molecule has 0 saturated carbocycles. The maximum atomic E-state index is 11.5. The summed E-state index contributed by atoms with van der Waals surface area (Å²) in [5, 5.41) is 3.27. The standard InChI is InChI=1S/C14H23NO2S/c1-10-8-12(18-11(10)2)9-15-7-6-13(16)17-14(3,4)5/h8,15H,6-7,9H2,1-5H3. The Bertz CT molecular complexity index is 385. The van der Waals surface area contributed by atoms with E-state index in [9.17, 15) is 4.79 Å². The Balaban J connectivity index is 2.21. The zero-order chi connectivity index (χ0) is 13.8. The van der Waals surface area contributed by atoms with E-state index in [2.05, 4.69) is 25.2 Å². The van der Waals surface area contributed by atoms with Crippen LogP contribution < -0.4 is 5.32 Å². The van der Waals surface area contributed by atoms with E-state index >= 15 is 0 Å². The Hall–Kier alpha value is -0.870. The molecular formula is C14H23NO2S. The van der Waals surface area contributed by atoms with Crippen LogP contribution in [0.15, 0.2) is 6.07 Å². The lowest BCUT2D eigenvalue weighted by Crippen LogP contribution is -2.26. The van der Waals surface area contributed by atoms with Gasteiger partial charge in [-0.15, -0.1) is 11.3 Å². The van der Waals surface area contributed by atoms with Crippen LogP contribution in [0, 0.1) is 13.8 Å². The molecule has 0 saturated heterocycles. The van der Waals surface area contributed by atoms with E-state index in [0.717, 1.165) is 6.54 Å². The third-order valence-corrected chi connectivity index (χ3v) is 3.59. The SMILES string of the molecule is Cc1cc(CNCCC(=O)OC(C)(C)C)sc1C. The summed E-state index contributed by atoms with van der Waals surface area (Å²) in [5.74, 6) is -0.145. The minimum absolute atomic E-state index is 0.145. The molecule has 0 atom stereocenters. The van der Waals surface area contributed by atoms with Crippen LogP contribution in [-0.4, -0.2) is 18.1 Å². The largest absolute Gasteiger partial charge is 0.460 e. The number of nitrogens with one attached hydrogen (secondary N) is 1. The van der Waals surface area contributed by atoms with Gasteiger partial charge in [-0.05, 0) is 46.2 Å². The van der Waals surface area contributed by atoms with E-state index in [4.69, 9.17) is 4.74 Å². The second kappa shape index (κ2) is 6.34. The van der Waals surface area contributed by atoms with Crippen molar-refractivity contribution < 1.29 is 9.53 Å². The average molecular weight is 269 g/mol. The van der Waals surface area contributed by atoms with E-state index in [1.165, 1.54) is 15.3 Å². The van der Waals surface area contributed by atoms with Crippen molar-refractivity contribution in [3.8, 4) is 0 Å². The second-order valence-corrected chi connectivity index (χ2v) is 6.81. The van der Waals surface area contributed by atoms with Crippen molar-refractivity contribution in [1.29, 1.82) is 0 Å². The molecule has 0 unspecified atom stereocenters. The number of esters is 1. The van der Waals surface area contributed by atoms with Gasteiger partial charge in [-0.3, -0.25) is 4.79 Å². The zero-order valence-corrected chi connectivity index (χ0v) is 12.7. The van der Waals surface area contributed by atoms with Crippen molar-refractivity contribution >= 4 is 17.3 Å². The highest BCUT2D eigenvalue weighted by atomic mass is 32.1. The molecule has 0 spiro atoms. The molecule has 0 aliphatic rings. The first-order chi connectivity index (χ1) is 8.28. The van der Waals surface area contributed by atoms with Crippen molar-refractivity contribution in [2.75, 3.05) is 6.54 Å². The van der Waals surface area contributed by atoms with E-state index in [0.29, 0.717) is 13.0 Å². The van der Waals surface area contributed by atoms with Gasteiger partial charge >= 0.3 is 5.97 Å². The van der Waals surface area contributed by atoms with E-state index < -0.39 is 0 Å². The maximum Gasteiger partial charge on any atom is 0.307 e. The summed E-state index contributed by atoms with van der Waals surface area (Å²) in [7, 11) is 0. The first kappa shape index (κ1) is 15.2. The molecule has 0 aliphatic carbocycles. The number of thiophene rings is 1. The predicted molar refractivity (Wildman–Crippen MR) is 76.0 cm³/mol. The lowest BCUT2D eigenvalue weighted by molar-refractivity contribution is -0.154. The first-order valence-electron chi connectivity index (χ1n) is 6.26. The third kappa shape index (κ3) is 5.65. The Morgan fingerprint density at radius 3 is 2.56 bits per heavy atom. The fourth-order valence-electron chi connectivity index (χ4n) is 1.53. The number of aryl methyl sites for hydroxylation is 2. The molecule has 0 bridgehead atoms. The van der Waals surface area contributed by atoms with Crippen LogP contribution in [-0.2, 0) is 16.1 Å². The van der Waals surface area contributed by atoms with E-state index in [-0.39, 0.29) is 11.6 Å². The quantitative estimate of drug-likeness (QED) is 0.659. The van der Waals surface area contributed by atoms with Crippen LogP contribution in [0.25, 0.3) is 0 Å². The number of carbonyl (C=O) groups excluding carboxylic acids is 1. The van der Waals surface area contributed by atoms with Crippen LogP contribution in [0.4, 0.5) is 0 Å². The van der Waals surface area contributed by atoms with Gasteiger partial charge in [0.05, 0.1) is 6.42 Å². The molecule has 1 rings (SSSR count). The normalized spacial score (nSPS) is 11.6. The highest BCUT2D eigenvalue weighted by Gasteiger charge is 2.15. The van der Waals surface area contributed by atoms with Crippen molar-refractivity contribution in [2.24, 2.45) is 0 Å². The van der Waals surface area contributed by atoms with Gasteiger partial charge in [0.25, 0.3) is 0 Å². The van der Waals surface area contributed by atoms with Gasteiger partial charge in [0.2, 0.25) is 0 Å². The van der Waals surface area contributed by atoms with Gasteiger partial charge in [0.15, 0.2) is 0 Å². The molecule has 1 aromatic rings. The number of hydrogen-bond donors (Lipinski definition) is 1. The lowest BCUT2D eigenvalue weighted by Gasteiger charge is -2.19. The van der Waals surface area contributed by atoms with Gasteiger partial charge in [-0.2, -0.15) is 0 Å². The van der Waals surface area contributed by atoms with Gasteiger partial charge in [-0.1, -0.05) is 0 Å². The highest BCUT2D eigenvalue weighted by molar-refractivity contribution is 7.12. The van der Waals surface area contributed by atoms with Crippen LogP contribution in [0.2, 0.25) is 0 Å². The van der Waals surface area contributed by atoms with E-state index in [1.807, 2.05) is 20.8 Å². The molecule has 1 aromatic heterocycles. The summed E-state index contributed by atoms with van der Waals surface area (Å²) in [4.78, 5) is 14.1. The summed E-state index contributed by atoms with van der Waals surface area (Å²) in [6.07, 6.45) is 0.417. The third-order valence-electron chi connectivity index (χ3n) is 2.44. The lowest BCUT2D eigenvalue weighted by atomic mass is 10.2. The van der Waals surface area contributed by atoms with Crippen molar-refractivity contribution in [1.82, 2.24) is 5.32 Å². The molecular weight excluding hydrogens is 246 g/mol. The van der Waals surface area contributed by atoms with E-state index in [1.54, 1.807) is 11.3 Å². The smallest absolute Gasteiger partial charge is 0.307 e. The van der Waals surface area contributed by atoms with Crippen molar-refractivity contribution in [2.45, 2.75) is 53.2 Å². The average Bonchev–Trinajstić information content (AvgIpc) is 2.51. The summed E-state index contributed by atoms with van der Waals surface area (Å²) < 4.78 is 5.24. The summed E-state index contributed by atoms with van der Waals surface area (Å²) in [6.45, 7) is 11.4. The highest BCUT2D eigenvalue weighted by Crippen LogP contribution is 2.20. The molecule has 0 aliphatic heterocycles. The fraction of sp³-hybridized carbons (Fsp3) is 0.643. The second-order valence-electron chi connectivity index (χ2n) is 5.47. The van der Waals surface area contributed by atoms with Gasteiger partial charge in [-0.25, -0.2) is 0 Å². The maximum absolute atomic E-state index is 11.5. The van der Waals surface area contributed by atoms with Crippen molar-refractivity contribution in [3.05, 3.63) is 21.4 Å². The minimum atomic E-state index is -0.390. The topological polar surface area (TPSA) is 38.3 Å². The van der Waals surface area contributed by atoms with Gasteiger partial charge in [0, 0.05) is 22.8 Å². The Labute approximate surface area is 114 Å². The Morgan fingerprint density at radius 1 is 1.39 bits per heavy atom. The van der Waals surface area contributed by atoms with Crippen molar-refractivity contribution in [3.63, 3.8) is 0 Å². The molecule has 1 heterocycles. The molecule has 1 N–H and O–H groups in total. The van der Waals surface area contributed by atoms with Gasteiger partial charge < -0.3 is 10.1 Å². The molecule has 0 fully saturated rings. The summed E-state index contributed by atoms with van der Waals surface area (Å²) in [5.41, 5.74) is 0.947. The van der Waals surface area contributed by atoms with Crippen LogP contribution in [0.3, 0.4) is 0 Å². The number of ether oxygens (including phenoxy) is 1. The Kier molecular flexibility index (Phi) is 5.35. The molecule has 18 heavy (non-hydrogen) atoms. The van der Waals surface area contributed by atoms with Crippen LogP contribution in [0.5, 0.6) is 0 Å². The number of rotatable bonds is 5. The zero-order valence-electron chi connectivity index (χ0n) is 11.9. The molecule has 0 radical (unpaired) electrons. The Morgan fingerprint density at radius 2 is 2.06 bits per heavy atom. The summed E-state index contributed by atoms with van der Waals surface area (Å²) >= 11 is 1.80. The van der Waals surface area contributed by atoms with Gasteiger partial charge in [0.1, 0.15) is 5.60 Å². The molecule has 0 amide bonds. The van der Waals surface area contributed by atoms with Crippen LogP contribution >= 0.6 is 11.3 Å². The number of hydrogen-bond acceptors (Lipinski definition) is 4.